The summed E-state index contributed by atoms with van der Waals surface area (Å²) in [7, 11) is 0. The van der Waals surface area contributed by atoms with Gasteiger partial charge in [0.25, 0.3) is 5.91 Å². The number of amides is 1. The molecular weight excluding hydrogens is 351 g/mol. The average Bonchev–Trinajstić information content (AvgIpc) is 2.58. The van der Waals surface area contributed by atoms with Crippen LogP contribution in [-0.4, -0.2) is 55.8 Å². The molecule has 8 heteroatoms. The molecule has 2 fully saturated rings. The zero-order valence-corrected chi connectivity index (χ0v) is 15.5. The number of nitrogens with zero attached hydrogens (tertiary/aromatic N) is 2. The highest BCUT2D eigenvalue weighted by Gasteiger charge is 2.25. The molecule has 136 valence electrons. The number of pyridine rings is 1. The van der Waals surface area contributed by atoms with Crippen molar-refractivity contribution in [1.82, 2.24) is 15.6 Å². The molecule has 0 spiro atoms. The SMILES string of the molecule is CC1NCCCC1NC(=O)c1cccnc1N1CCOCC1.Cl.Cl. The van der Waals surface area contributed by atoms with Gasteiger partial charge in [-0.2, -0.15) is 0 Å². The van der Waals surface area contributed by atoms with E-state index in [2.05, 4.69) is 27.4 Å². The first-order chi connectivity index (χ1) is 10.8. The lowest BCUT2D eigenvalue weighted by Gasteiger charge is -2.32. The van der Waals surface area contributed by atoms with E-state index in [1.165, 1.54) is 0 Å². The second-order valence-electron chi connectivity index (χ2n) is 5.94. The van der Waals surface area contributed by atoms with E-state index in [4.69, 9.17) is 4.74 Å². The molecule has 2 atom stereocenters. The van der Waals surface area contributed by atoms with Crippen LogP contribution in [0.3, 0.4) is 0 Å². The fourth-order valence-electron chi connectivity index (χ4n) is 3.09. The Labute approximate surface area is 155 Å². The molecule has 2 aliphatic rings. The van der Waals surface area contributed by atoms with E-state index in [0.717, 1.165) is 38.3 Å². The number of halogens is 2. The molecule has 3 heterocycles. The Balaban J connectivity index is 0.00000144. The summed E-state index contributed by atoms with van der Waals surface area (Å²) < 4.78 is 5.38. The van der Waals surface area contributed by atoms with Crippen molar-refractivity contribution in [3.05, 3.63) is 23.9 Å². The van der Waals surface area contributed by atoms with Gasteiger partial charge in [-0.25, -0.2) is 4.98 Å². The quantitative estimate of drug-likeness (QED) is 0.838. The van der Waals surface area contributed by atoms with Crippen molar-refractivity contribution in [3.63, 3.8) is 0 Å². The smallest absolute Gasteiger partial charge is 0.255 e. The topological polar surface area (TPSA) is 66.5 Å². The van der Waals surface area contributed by atoms with Gasteiger partial charge in [-0.3, -0.25) is 4.79 Å². The third-order valence-corrected chi connectivity index (χ3v) is 4.42. The van der Waals surface area contributed by atoms with Crippen LogP contribution < -0.4 is 15.5 Å². The number of rotatable bonds is 3. The van der Waals surface area contributed by atoms with Crippen molar-refractivity contribution in [1.29, 1.82) is 0 Å². The third-order valence-electron chi connectivity index (χ3n) is 4.42. The predicted octanol–water partition coefficient (Wildman–Crippen LogP) is 1.63. The van der Waals surface area contributed by atoms with Crippen LogP contribution in [0.2, 0.25) is 0 Å². The first-order valence-electron chi connectivity index (χ1n) is 8.07. The Bertz CT molecular complexity index is 527. The van der Waals surface area contributed by atoms with Gasteiger partial charge in [0.1, 0.15) is 5.82 Å². The van der Waals surface area contributed by atoms with Gasteiger partial charge < -0.3 is 20.3 Å². The number of morpholine rings is 1. The van der Waals surface area contributed by atoms with Crippen LogP contribution in [0.1, 0.15) is 30.1 Å². The zero-order chi connectivity index (χ0) is 15.4. The molecule has 1 aromatic heterocycles. The highest BCUT2D eigenvalue weighted by Crippen LogP contribution is 2.19. The lowest BCUT2D eigenvalue weighted by atomic mass is 9.99. The Morgan fingerprint density at radius 1 is 1.38 bits per heavy atom. The normalized spacial score (nSPS) is 23.6. The Kier molecular flexibility index (Phi) is 8.76. The zero-order valence-electron chi connectivity index (χ0n) is 13.9. The van der Waals surface area contributed by atoms with Crippen LogP contribution in [-0.2, 0) is 4.74 Å². The minimum atomic E-state index is -0.0323. The largest absolute Gasteiger partial charge is 0.378 e. The van der Waals surface area contributed by atoms with Crippen molar-refractivity contribution in [2.45, 2.75) is 31.8 Å². The Morgan fingerprint density at radius 2 is 2.12 bits per heavy atom. The fraction of sp³-hybridized carbons (Fsp3) is 0.625. The summed E-state index contributed by atoms with van der Waals surface area (Å²) in [5, 5.41) is 6.57. The minimum Gasteiger partial charge on any atom is -0.378 e. The lowest BCUT2D eigenvalue weighted by molar-refractivity contribution is 0.0918. The monoisotopic (exact) mass is 376 g/mol. The van der Waals surface area contributed by atoms with E-state index in [1.54, 1.807) is 6.20 Å². The van der Waals surface area contributed by atoms with Gasteiger partial charge in [0, 0.05) is 31.4 Å². The van der Waals surface area contributed by atoms with E-state index in [0.29, 0.717) is 24.8 Å². The van der Waals surface area contributed by atoms with E-state index in [-0.39, 0.29) is 36.8 Å². The number of ether oxygens (including phenoxy) is 1. The summed E-state index contributed by atoms with van der Waals surface area (Å²) >= 11 is 0. The fourth-order valence-corrected chi connectivity index (χ4v) is 3.09. The number of hydrogen-bond acceptors (Lipinski definition) is 5. The number of piperidine rings is 1. The van der Waals surface area contributed by atoms with Crippen molar-refractivity contribution < 1.29 is 9.53 Å². The van der Waals surface area contributed by atoms with E-state index >= 15 is 0 Å². The summed E-state index contributed by atoms with van der Waals surface area (Å²) in [5.74, 6) is 0.731. The molecule has 2 saturated heterocycles. The first kappa shape index (κ1) is 21.0. The molecule has 0 radical (unpaired) electrons. The number of carbonyl (C=O) groups is 1. The van der Waals surface area contributed by atoms with Gasteiger partial charge in [-0.1, -0.05) is 0 Å². The number of hydrogen-bond donors (Lipinski definition) is 2. The van der Waals surface area contributed by atoms with Gasteiger partial charge in [-0.05, 0) is 38.4 Å². The van der Waals surface area contributed by atoms with Crippen molar-refractivity contribution >= 4 is 36.5 Å². The molecule has 1 aromatic rings. The van der Waals surface area contributed by atoms with Crippen molar-refractivity contribution in [3.8, 4) is 0 Å². The minimum absolute atomic E-state index is 0. The van der Waals surface area contributed by atoms with Crippen molar-refractivity contribution in [2.75, 3.05) is 37.7 Å². The molecule has 2 unspecified atom stereocenters. The number of nitrogens with one attached hydrogen (secondary N) is 2. The van der Waals surface area contributed by atoms with Crippen LogP contribution in [0.5, 0.6) is 0 Å². The molecule has 0 aliphatic carbocycles. The summed E-state index contributed by atoms with van der Waals surface area (Å²) in [4.78, 5) is 19.2. The van der Waals surface area contributed by atoms with Gasteiger partial charge in [0.05, 0.1) is 18.8 Å². The third kappa shape index (κ3) is 4.96. The van der Waals surface area contributed by atoms with Crippen LogP contribution in [0, 0.1) is 0 Å². The summed E-state index contributed by atoms with van der Waals surface area (Å²) in [6, 6.07) is 4.16. The predicted molar refractivity (Wildman–Crippen MR) is 99.7 cm³/mol. The molecule has 3 rings (SSSR count). The van der Waals surface area contributed by atoms with E-state index in [1.807, 2.05) is 12.1 Å². The first-order valence-corrected chi connectivity index (χ1v) is 8.07. The van der Waals surface area contributed by atoms with Gasteiger partial charge in [0.2, 0.25) is 0 Å². The van der Waals surface area contributed by atoms with Gasteiger partial charge in [-0.15, -0.1) is 24.8 Å². The molecule has 24 heavy (non-hydrogen) atoms. The molecule has 0 saturated carbocycles. The summed E-state index contributed by atoms with van der Waals surface area (Å²) in [6.07, 6.45) is 3.86. The van der Waals surface area contributed by atoms with Crippen LogP contribution in [0.25, 0.3) is 0 Å². The van der Waals surface area contributed by atoms with Gasteiger partial charge in [0.15, 0.2) is 0 Å². The molecule has 0 bridgehead atoms. The van der Waals surface area contributed by atoms with Crippen LogP contribution >= 0.6 is 24.8 Å². The second-order valence-corrected chi connectivity index (χ2v) is 5.94. The molecular formula is C16H26Cl2N4O2. The van der Waals surface area contributed by atoms with Gasteiger partial charge >= 0.3 is 0 Å². The number of aromatic nitrogens is 1. The Hall–Kier alpha value is -1.08. The van der Waals surface area contributed by atoms with E-state index in [9.17, 15) is 4.79 Å². The maximum absolute atomic E-state index is 12.7. The number of carbonyl (C=O) groups excluding carboxylic acids is 1. The lowest BCUT2D eigenvalue weighted by Crippen LogP contribution is -2.52. The average molecular weight is 377 g/mol. The van der Waals surface area contributed by atoms with E-state index < -0.39 is 0 Å². The molecule has 1 amide bonds. The molecule has 6 nitrogen and oxygen atoms in total. The standard InChI is InChI=1S/C16H24N4O2.2ClH/c1-12-14(5-3-6-17-12)19-16(21)13-4-2-7-18-15(13)20-8-10-22-11-9-20;;/h2,4,7,12,14,17H,3,5-6,8-11H2,1H3,(H,19,21);2*1H. The highest BCUT2D eigenvalue weighted by molar-refractivity contribution is 5.99. The maximum atomic E-state index is 12.7. The van der Waals surface area contributed by atoms with Crippen LogP contribution in [0.4, 0.5) is 5.82 Å². The second kappa shape index (κ2) is 10.0. The van der Waals surface area contributed by atoms with Crippen LogP contribution in [0.15, 0.2) is 18.3 Å². The van der Waals surface area contributed by atoms with Crippen molar-refractivity contribution in [2.24, 2.45) is 0 Å². The maximum Gasteiger partial charge on any atom is 0.255 e. The number of anilines is 1. The molecule has 2 aliphatic heterocycles. The molecule has 0 aromatic carbocycles. The summed E-state index contributed by atoms with van der Waals surface area (Å²) in [6.45, 7) is 6.06. The highest BCUT2D eigenvalue weighted by atomic mass is 35.5. The molecule has 2 N–H and O–H groups in total. The Morgan fingerprint density at radius 3 is 2.83 bits per heavy atom. The summed E-state index contributed by atoms with van der Waals surface area (Å²) in [5.41, 5.74) is 0.655.